The minimum Gasteiger partial charge on any atom is -0.339 e. The molecule has 3 aromatic carbocycles. The molecule has 0 bridgehead atoms. The molecule has 0 aliphatic carbocycles. The van der Waals surface area contributed by atoms with Crippen LogP contribution in [0.4, 0.5) is 11.4 Å². The summed E-state index contributed by atoms with van der Waals surface area (Å²) in [4.78, 5) is 25.7. The lowest BCUT2D eigenvalue weighted by Crippen LogP contribution is -2.19. The second-order valence-electron chi connectivity index (χ2n) is 6.70. The van der Waals surface area contributed by atoms with Gasteiger partial charge in [-0.1, -0.05) is 41.9 Å². The third-order valence-electron chi connectivity index (χ3n) is 4.79. The maximum Gasteiger partial charge on any atom is 0.273 e. The lowest BCUT2D eigenvalue weighted by Gasteiger charge is -2.13. The van der Waals surface area contributed by atoms with Gasteiger partial charge in [0.15, 0.2) is 0 Å². The van der Waals surface area contributed by atoms with Crippen LogP contribution in [0.1, 0.15) is 20.8 Å². The molecule has 4 aromatic rings. The Morgan fingerprint density at radius 1 is 0.833 bits per heavy atom. The number of halogens is 2. The number of fused-ring (bicyclic) bond motifs is 1. The largest absolute Gasteiger partial charge is 0.339 e. The van der Waals surface area contributed by atoms with Crippen molar-refractivity contribution in [3.63, 3.8) is 0 Å². The number of anilines is 2. The first-order valence-electron chi connectivity index (χ1n) is 9.16. The second-order valence-corrected chi connectivity index (χ2v) is 7.93. The number of hydrogen-bond donors (Lipinski definition) is 2. The van der Waals surface area contributed by atoms with Crippen LogP contribution >= 0.6 is 27.5 Å². The van der Waals surface area contributed by atoms with Gasteiger partial charge in [-0.2, -0.15) is 0 Å². The van der Waals surface area contributed by atoms with Crippen LogP contribution in [0.2, 0.25) is 5.02 Å². The number of aryl methyl sites for hydroxylation is 1. The van der Waals surface area contributed by atoms with E-state index in [9.17, 15) is 9.59 Å². The Morgan fingerprint density at radius 3 is 2.03 bits per heavy atom. The van der Waals surface area contributed by atoms with E-state index in [1.165, 1.54) is 0 Å². The Balaban J connectivity index is 1.61. The lowest BCUT2D eigenvalue weighted by molar-refractivity contribution is 0.101. The van der Waals surface area contributed by atoms with Crippen LogP contribution in [0.5, 0.6) is 0 Å². The first kappa shape index (κ1) is 20.2. The van der Waals surface area contributed by atoms with Crippen molar-refractivity contribution in [2.24, 2.45) is 7.05 Å². The Hall–Kier alpha value is -3.09. The van der Waals surface area contributed by atoms with Gasteiger partial charge in [-0.3, -0.25) is 9.59 Å². The van der Waals surface area contributed by atoms with Crippen LogP contribution < -0.4 is 10.6 Å². The van der Waals surface area contributed by atoms with Crippen LogP contribution in [0.3, 0.4) is 0 Å². The number of nitrogens with zero attached hydrogens (tertiary/aromatic N) is 1. The fourth-order valence-electron chi connectivity index (χ4n) is 3.28. The molecule has 5 nitrogen and oxygen atoms in total. The van der Waals surface area contributed by atoms with Gasteiger partial charge in [-0.05, 0) is 58.4 Å². The summed E-state index contributed by atoms with van der Waals surface area (Å²) in [6.07, 6.45) is 0. The smallest absolute Gasteiger partial charge is 0.273 e. The molecule has 4 rings (SSSR count). The predicted molar refractivity (Wildman–Crippen MR) is 124 cm³/mol. The molecular formula is C23H17BrClN3O2. The molecule has 0 fully saturated rings. The number of carbonyl (C=O) groups is 2. The van der Waals surface area contributed by atoms with Gasteiger partial charge < -0.3 is 15.2 Å². The summed E-state index contributed by atoms with van der Waals surface area (Å²) < 4.78 is 2.56. The standard InChI is InChI=1S/C23H17BrClN3O2/c1-28-19-9-5-2-6-16(19)20(24)21(28)23(30)27-18-8-4-3-7-17(18)26-22(29)14-10-12-15(25)13-11-14/h2-13H,1H3,(H,26,29)(H,27,30). The number of para-hydroxylation sites is 3. The number of nitrogens with one attached hydrogen (secondary N) is 2. The van der Waals surface area contributed by atoms with Crippen LogP contribution in [-0.2, 0) is 7.05 Å². The zero-order valence-electron chi connectivity index (χ0n) is 15.9. The monoisotopic (exact) mass is 481 g/mol. The van der Waals surface area contributed by atoms with E-state index in [2.05, 4.69) is 26.6 Å². The number of aromatic nitrogens is 1. The third kappa shape index (κ3) is 3.84. The van der Waals surface area contributed by atoms with E-state index < -0.39 is 0 Å². The molecule has 7 heteroatoms. The van der Waals surface area contributed by atoms with Gasteiger partial charge in [0.2, 0.25) is 0 Å². The van der Waals surface area contributed by atoms with Crippen LogP contribution in [0.15, 0.2) is 77.3 Å². The molecule has 0 atom stereocenters. The minimum absolute atomic E-state index is 0.284. The molecular weight excluding hydrogens is 466 g/mol. The summed E-state index contributed by atoms with van der Waals surface area (Å²) in [7, 11) is 1.84. The van der Waals surface area contributed by atoms with Crippen molar-refractivity contribution in [2.45, 2.75) is 0 Å². The number of benzene rings is 3. The minimum atomic E-state index is -0.292. The molecule has 0 unspecified atom stereocenters. The van der Waals surface area contributed by atoms with Crippen molar-refractivity contribution in [1.29, 1.82) is 0 Å². The average Bonchev–Trinajstić information content (AvgIpc) is 3.00. The zero-order chi connectivity index (χ0) is 21.3. The molecule has 0 spiro atoms. The fraction of sp³-hybridized carbons (Fsp3) is 0.0435. The zero-order valence-corrected chi connectivity index (χ0v) is 18.3. The van der Waals surface area contributed by atoms with Gasteiger partial charge in [-0.15, -0.1) is 0 Å². The van der Waals surface area contributed by atoms with Crippen molar-refractivity contribution in [3.8, 4) is 0 Å². The van der Waals surface area contributed by atoms with Gasteiger partial charge in [0.25, 0.3) is 11.8 Å². The van der Waals surface area contributed by atoms with Crippen molar-refractivity contribution in [3.05, 3.63) is 93.5 Å². The van der Waals surface area contributed by atoms with Gasteiger partial charge in [0.05, 0.1) is 15.8 Å². The summed E-state index contributed by atoms with van der Waals surface area (Å²) >= 11 is 9.44. The SMILES string of the molecule is Cn1c(C(=O)Nc2ccccc2NC(=O)c2ccc(Cl)cc2)c(Br)c2ccccc21. The summed E-state index contributed by atoms with van der Waals surface area (Å²) in [5, 5.41) is 7.26. The molecule has 1 heterocycles. The highest BCUT2D eigenvalue weighted by atomic mass is 79.9. The molecule has 150 valence electrons. The Kier molecular flexibility index (Phi) is 5.61. The summed E-state index contributed by atoms with van der Waals surface area (Å²) in [5.74, 6) is -0.576. The predicted octanol–water partition coefficient (Wildman–Crippen LogP) is 6.10. The van der Waals surface area contributed by atoms with E-state index in [0.29, 0.717) is 27.7 Å². The normalized spacial score (nSPS) is 10.8. The van der Waals surface area contributed by atoms with Gasteiger partial charge in [0.1, 0.15) is 5.69 Å². The summed E-state index contributed by atoms with van der Waals surface area (Å²) in [6, 6.07) is 21.4. The van der Waals surface area contributed by atoms with E-state index in [4.69, 9.17) is 11.6 Å². The maximum atomic E-state index is 13.1. The van der Waals surface area contributed by atoms with Crippen LogP contribution in [-0.4, -0.2) is 16.4 Å². The summed E-state index contributed by atoms with van der Waals surface area (Å²) in [5.41, 5.74) is 2.91. The van der Waals surface area contributed by atoms with Gasteiger partial charge in [0, 0.05) is 28.5 Å². The molecule has 0 aliphatic rings. The van der Waals surface area contributed by atoms with Crippen molar-refractivity contribution < 1.29 is 9.59 Å². The highest BCUT2D eigenvalue weighted by Crippen LogP contribution is 2.31. The van der Waals surface area contributed by atoms with Crippen LogP contribution in [0.25, 0.3) is 10.9 Å². The highest BCUT2D eigenvalue weighted by molar-refractivity contribution is 9.10. The quantitative estimate of drug-likeness (QED) is 0.369. The molecule has 0 radical (unpaired) electrons. The molecule has 0 aliphatic heterocycles. The van der Waals surface area contributed by atoms with E-state index in [1.807, 2.05) is 35.9 Å². The molecule has 2 amide bonds. The van der Waals surface area contributed by atoms with Gasteiger partial charge >= 0.3 is 0 Å². The summed E-state index contributed by atoms with van der Waals surface area (Å²) in [6.45, 7) is 0. The fourth-order valence-corrected chi connectivity index (χ4v) is 4.18. The molecule has 1 aromatic heterocycles. The maximum absolute atomic E-state index is 13.1. The first-order valence-corrected chi connectivity index (χ1v) is 10.3. The average molecular weight is 483 g/mol. The van der Waals surface area contributed by atoms with Crippen molar-refractivity contribution in [1.82, 2.24) is 4.57 Å². The molecule has 0 saturated carbocycles. The Bertz CT molecular complexity index is 1230. The molecule has 30 heavy (non-hydrogen) atoms. The molecule has 0 saturated heterocycles. The number of hydrogen-bond acceptors (Lipinski definition) is 2. The van der Waals surface area contributed by atoms with E-state index in [-0.39, 0.29) is 11.8 Å². The van der Waals surface area contributed by atoms with Crippen molar-refractivity contribution in [2.75, 3.05) is 10.6 Å². The number of amides is 2. The van der Waals surface area contributed by atoms with Crippen molar-refractivity contribution >= 4 is 61.6 Å². The highest BCUT2D eigenvalue weighted by Gasteiger charge is 2.20. The van der Waals surface area contributed by atoms with Gasteiger partial charge in [-0.25, -0.2) is 0 Å². The Labute approximate surface area is 186 Å². The second kappa shape index (κ2) is 8.34. The topological polar surface area (TPSA) is 63.1 Å². The first-order chi connectivity index (χ1) is 14.5. The number of carbonyl (C=O) groups excluding carboxylic acids is 2. The van der Waals surface area contributed by atoms with E-state index in [1.54, 1.807) is 48.5 Å². The van der Waals surface area contributed by atoms with E-state index in [0.717, 1.165) is 15.4 Å². The van der Waals surface area contributed by atoms with E-state index >= 15 is 0 Å². The molecule has 2 N–H and O–H groups in total. The van der Waals surface area contributed by atoms with Crippen LogP contribution in [0, 0.1) is 0 Å². The lowest BCUT2D eigenvalue weighted by atomic mass is 10.2. The Morgan fingerprint density at radius 2 is 1.40 bits per heavy atom. The number of rotatable bonds is 4. The third-order valence-corrected chi connectivity index (χ3v) is 5.84.